The molecule has 6 atom stereocenters. The number of aliphatic hydroxyl groups is 1. The molecule has 1 N–H and O–H groups in total. The summed E-state index contributed by atoms with van der Waals surface area (Å²) in [6.45, 7) is 6.49. The van der Waals surface area contributed by atoms with Crippen molar-refractivity contribution in [3.8, 4) is 0 Å². The van der Waals surface area contributed by atoms with Crippen LogP contribution in [0.25, 0.3) is 0 Å². The third-order valence-electron chi connectivity index (χ3n) is 8.91. The summed E-state index contributed by atoms with van der Waals surface area (Å²) in [5, 5.41) is 9.38. The maximum absolute atomic E-state index is 14.4. The first-order valence-corrected chi connectivity index (χ1v) is 10.6. The lowest BCUT2D eigenvalue weighted by Gasteiger charge is -2.60. The minimum Gasteiger partial charge on any atom is -0.389 e. The highest BCUT2D eigenvalue weighted by Crippen LogP contribution is 2.68. The van der Waals surface area contributed by atoms with Gasteiger partial charge in [0.1, 0.15) is 5.83 Å². The zero-order chi connectivity index (χ0) is 18.7. The van der Waals surface area contributed by atoms with Crippen LogP contribution in [0, 0.1) is 34.5 Å². The number of carbonyl (C=O) groups excluding carboxylic acids is 1. The molecule has 144 valence electrons. The van der Waals surface area contributed by atoms with E-state index in [2.05, 4.69) is 20.8 Å². The van der Waals surface area contributed by atoms with Crippen molar-refractivity contribution in [1.82, 2.24) is 0 Å². The quantitative estimate of drug-likeness (QED) is 0.719. The van der Waals surface area contributed by atoms with Gasteiger partial charge in [-0.2, -0.15) is 0 Å². The van der Waals surface area contributed by atoms with E-state index in [1.54, 1.807) is 0 Å². The lowest BCUT2D eigenvalue weighted by Crippen LogP contribution is -2.52. The summed E-state index contributed by atoms with van der Waals surface area (Å²) in [4.78, 5) is 12.1. The molecule has 4 rings (SSSR count). The number of ketones is 1. The number of hydrogen-bond donors (Lipinski definition) is 1. The molecule has 26 heavy (non-hydrogen) atoms. The summed E-state index contributed by atoms with van der Waals surface area (Å²) in [7, 11) is 0. The fourth-order valence-electron chi connectivity index (χ4n) is 7.48. The molecule has 0 aromatic heterocycles. The van der Waals surface area contributed by atoms with Crippen molar-refractivity contribution in [2.24, 2.45) is 34.5 Å². The van der Waals surface area contributed by atoms with Crippen LogP contribution in [0.15, 0.2) is 23.0 Å². The van der Waals surface area contributed by atoms with E-state index >= 15 is 0 Å². The fraction of sp³-hybridized carbons (Fsp3) is 0.783. The highest BCUT2D eigenvalue weighted by atomic mass is 19.1. The Kier molecular flexibility index (Phi) is 4.45. The Morgan fingerprint density at radius 3 is 2.62 bits per heavy atom. The minimum absolute atomic E-state index is 0.0799. The average Bonchev–Trinajstić information content (AvgIpc) is 2.98. The zero-order valence-corrected chi connectivity index (χ0v) is 16.5. The number of aliphatic hydroxyl groups excluding tert-OH is 1. The number of allylic oxidation sites excluding steroid dienone is 2. The molecule has 3 heteroatoms. The molecule has 4 aliphatic rings. The molecular weight excluding hydrogens is 327 g/mol. The second-order valence-electron chi connectivity index (χ2n) is 9.75. The second-order valence-corrected chi connectivity index (χ2v) is 9.75. The SMILES string of the molecule is CC[C@@H]1CC2=CC(=O)CC[C@]2(C)[C@H]2CC[C@]3(C)C(=C(F)CO)CC[C@H]3[C@H]12. The molecule has 0 amide bonds. The number of carbonyl (C=O) groups is 1. The largest absolute Gasteiger partial charge is 0.389 e. The van der Waals surface area contributed by atoms with Crippen molar-refractivity contribution in [2.75, 3.05) is 6.61 Å². The molecule has 0 spiro atoms. The van der Waals surface area contributed by atoms with Crippen LogP contribution >= 0.6 is 0 Å². The Balaban J connectivity index is 1.75. The van der Waals surface area contributed by atoms with Crippen LogP contribution in [-0.2, 0) is 4.79 Å². The second kappa shape index (κ2) is 6.29. The molecular formula is C23H33FO2. The van der Waals surface area contributed by atoms with E-state index < -0.39 is 6.61 Å². The van der Waals surface area contributed by atoms with E-state index in [4.69, 9.17) is 0 Å². The predicted octanol–water partition coefficient (Wildman–Crippen LogP) is 5.37. The van der Waals surface area contributed by atoms with Crippen LogP contribution in [0.1, 0.15) is 72.1 Å². The summed E-state index contributed by atoms with van der Waals surface area (Å²) in [5.41, 5.74) is 2.39. The van der Waals surface area contributed by atoms with Gasteiger partial charge in [0.15, 0.2) is 5.78 Å². The van der Waals surface area contributed by atoms with E-state index in [-0.39, 0.29) is 16.7 Å². The summed E-state index contributed by atoms with van der Waals surface area (Å²) >= 11 is 0. The fourth-order valence-corrected chi connectivity index (χ4v) is 7.48. The van der Waals surface area contributed by atoms with Crippen molar-refractivity contribution in [3.63, 3.8) is 0 Å². The van der Waals surface area contributed by atoms with Gasteiger partial charge in [-0.3, -0.25) is 4.79 Å². The first kappa shape index (κ1) is 18.4. The Morgan fingerprint density at radius 2 is 1.92 bits per heavy atom. The molecule has 0 bridgehead atoms. The van der Waals surface area contributed by atoms with Crippen molar-refractivity contribution in [2.45, 2.75) is 72.1 Å². The molecule has 0 saturated heterocycles. The van der Waals surface area contributed by atoms with Crippen LogP contribution in [0.5, 0.6) is 0 Å². The standard InChI is InChI=1S/C23H33FO2/c1-4-14-11-15-12-16(26)7-9-22(15,2)19-8-10-23(3)17(20(24)13-25)5-6-18(23)21(14)19/h12,14,18-19,21,25H,4-11,13H2,1-3H3/t14-,18+,19+,21+,22+,23-/m1/s1. The van der Waals surface area contributed by atoms with E-state index in [0.29, 0.717) is 35.9 Å². The molecule has 3 fully saturated rings. The molecule has 0 heterocycles. The van der Waals surface area contributed by atoms with Crippen LogP contribution in [0.4, 0.5) is 4.39 Å². The third kappa shape index (κ3) is 2.42. The average molecular weight is 361 g/mol. The maximum atomic E-state index is 14.4. The Bertz CT molecular complexity index is 678. The van der Waals surface area contributed by atoms with Gasteiger partial charge in [-0.1, -0.05) is 32.8 Å². The lowest BCUT2D eigenvalue weighted by molar-refractivity contribution is -0.118. The van der Waals surface area contributed by atoms with Gasteiger partial charge in [0.25, 0.3) is 0 Å². The highest BCUT2D eigenvalue weighted by Gasteiger charge is 2.60. The normalized spacial score (nSPS) is 47.0. The van der Waals surface area contributed by atoms with Crippen LogP contribution in [0.3, 0.4) is 0 Å². The van der Waals surface area contributed by atoms with Gasteiger partial charge in [-0.25, -0.2) is 4.39 Å². The van der Waals surface area contributed by atoms with Crippen LogP contribution in [0.2, 0.25) is 0 Å². The van der Waals surface area contributed by atoms with Crippen molar-refractivity contribution in [1.29, 1.82) is 0 Å². The van der Waals surface area contributed by atoms with Gasteiger partial charge in [-0.15, -0.1) is 0 Å². The Labute approximate surface area is 156 Å². The van der Waals surface area contributed by atoms with Crippen LogP contribution < -0.4 is 0 Å². The minimum atomic E-state index is -0.449. The topological polar surface area (TPSA) is 37.3 Å². The van der Waals surface area contributed by atoms with E-state index in [1.165, 1.54) is 5.57 Å². The van der Waals surface area contributed by atoms with Gasteiger partial charge in [-0.05, 0) is 84.7 Å². The lowest BCUT2D eigenvalue weighted by atomic mass is 9.44. The van der Waals surface area contributed by atoms with Crippen molar-refractivity contribution >= 4 is 5.78 Å². The van der Waals surface area contributed by atoms with Crippen LogP contribution in [-0.4, -0.2) is 17.5 Å². The summed E-state index contributed by atoms with van der Waals surface area (Å²) in [6.07, 6.45) is 9.86. The monoisotopic (exact) mass is 360 g/mol. The van der Waals surface area contributed by atoms with Crippen molar-refractivity contribution in [3.05, 3.63) is 23.0 Å². The van der Waals surface area contributed by atoms with Gasteiger partial charge >= 0.3 is 0 Å². The molecule has 2 nitrogen and oxygen atoms in total. The number of rotatable bonds is 2. The third-order valence-corrected chi connectivity index (χ3v) is 8.91. The molecule has 0 aliphatic heterocycles. The molecule has 0 unspecified atom stereocenters. The molecule has 0 aromatic carbocycles. The smallest absolute Gasteiger partial charge is 0.155 e. The van der Waals surface area contributed by atoms with Gasteiger partial charge in [0.05, 0.1) is 6.61 Å². The van der Waals surface area contributed by atoms with E-state index in [0.717, 1.165) is 50.5 Å². The van der Waals surface area contributed by atoms with Gasteiger partial charge in [0, 0.05) is 6.42 Å². The maximum Gasteiger partial charge on any atom is 0.155 e. The van der Waals surface area contributed by atoms with Gasteiger partial charge < -0.3 is 5.11 Å². The zero-order valence-electron chi connectivity index (χ0n) is 16.5. The Hall–Kier alpha value is -0.960. The molecule has 0 radical (unpaired) electrons. The summed E-state index contributed by atoms with van der Waals surface area (Å²) < 4.78 is 14.4. The van der Waals surface area contributed by atoms with E-state index in [1.807, 2.05) is 6.08 Å². The first-order valence-electron chi connectivity index (χ1n) is 10.6. The molecule has 4 aliphatic carbocycles. The van der Waals surface area contributed by atoms with Gasteiger partial charge in [0.2, 0.25) is 0 Å². The summed E-state index contributed by atoms with van der Waals surface area (Å²) in [5.74, 6) is 2.41. The molecule has 0 aromatic rings. The first-order chi connectivity index (χ1) is 12.3. The Morgan fingerprint density at radius 1 is 1.19 bits per heavy atom. The predicted molar refractivity (Wildman–Crippen MR) is 101 cm³/mol. The number of fused-ring (bicyclic) bond motifs is 5. The summed E-state index contributed by atoms with van der Waals surface area (Å²) in [6, 6.07) is 0. The number of halogens is 1. The van der Waals surface area contributed by atoms with E-state index in [9.17, 15) is 14.3 Å². The molecule has 3 saturated carbocycles. The van der Waals surface area contributed by atoms with Crippen molar-refractivity contribution < 1.29 is 14.3 Å². The number of hydrogen-bond acceptors (Lipinski definition) is 2. The highest BCUT2D eigenvalue weighted by molar-refractivity contribution is 5.91.